The number of nitrogens with one attached hydrogen (secondary N) is 1. The minimum Gasteiger partial charge on any atom is -0.463 e. The molecule has 0 fully saturated rings. The maximum absolute atomic E-state index is 12.5. The molecule has 0 aliphatic carbocycles. The minimum absolute atomic E-state index is 0.0388. The molecule has 1 amide bonds. The molecule has 1 unspecified atom stereocenters. The number of amides is 1. The zero-order chi connectivity index (χ0) is 19.1. The zero-order valence-corrected chi connectivity index (χ0v) is 14.5. The molecule has 2 rings (SSSR count). The van der Waals surface area contributed by atoms with Crippen molar-refractivity contribution in [2.75, 3.05) is 0 Å². The summed E-state index contributed by atoms with van der Waals surface area (Å²) in [4.78, 5) is 34.9. The molecule has 0 heterocycles. The van der Waals surface area contributed by atoms with Gasteiger partial charge in [-0.05, 0) is 25.5 Å². The molecule has 2 aromatic rings. The van der Waals surface area contributed by atoms with E-state index in [-0.39, 0.29) is 23.8 Å². The normalized spacial score (nSPS) is 11.7. The van der Waals surface area contributed by atoms with Crippen LogP contribution in [0.2, 0.25) is 0 Å². The highest BCUT2D eigenvalue weighted by molar-refractivity contribution is 5.95. The van der Waals surface area contributed by atoms with Gasteiger partial charge in [0, 0.05) is 17.7 Å². The van der Waals surface area contributed by atoms with Crippen LogP contribution >= 0.6 is 0 Å². The number of rotatable bonds is 7. The predicted octanol–water partition coefficient (Wildman–Crippen LogP) is 3.41. The van der Waals surface area contributed by atoms with Crippen molar-refractivity contribution in [3.8, 4) is 0 Å². The summed E-state index contributed by atoms with van der Waals surface area (Å²) < 4.78 is 5.16. The van der Waals surface area contributed by atoms with Crippen molar-refractivity contribution >= 4 is 17.6 Å². The van der Waals surface area contributed by atoms with Crippen molar-refractivity contribution in [2.24, 2.45) is 0 Å². The highest BCUT2D eigenvalue weighted by atomic mass is 16.6. The molecule has 0 aliphatic rings. The number of ether oxygens (including phenoxy) is 1. The van der Waals surface area contributed by atoms with E-state index < -0.39 is 22.8 Å². The number of nitro groups is 1. The molecular formula is C19H20N2O5. The molecule has 7 nitrogen and oxygen atoms in total. The molecule has 2 aromatic carbocycles. The summed E-state index contributed by atoms with van der Waals surface area (Å²) in [5, 5.41) is 13.6. The van der Waals surface area contributed by atoms with Gasteiger partial charge >= 0.3 is 5.97 Å². The zero-order valence-electron chi connectivity index (χ0n) is 14.5. The third-order valence-corrected chi connectivity index (χ3v) is 3.56. The van der Waals surface area contributed by atoms with Crippen LogP contribution in [0.1, 0.15) is 42.2 Å². The van der Waals surface area contributed by atoms with Gasteiger partial charge in [0.1, 0.15) is 0 Å². The second-order valence-corrected chi connectivity index (χ2v) is 5.99. The molecule has 136 valence electrons. The average Bonchev–Trinajstić information content (AvgIpc) is 2.61. The monoisotopic (exact) mass is 356 g/mol. The summed E-state index contributed by atoms with van der Waals surface area (Å²) in [6.07, 6.45) is -0.297. The quantitative estimate of drug-likeness (QED) is 0.466. The van der Waals surface area contributed by atoms with E-state index in [0.717, 1.165) is 5.56 Å². The van der Waals surface area contributed by atoms with E-state index in [9.17, 15) is 19.7 Å². The first-order valence-electron chi connectivity index (χ1n) is 8.16. The Labute approximate surface area is 151 Å². The number of benzene rings is 2. The number of non-ortho nitro benzene ring substituents is 1. The van der Waals surface area contributed by atoms with Crippen molar-refractivity contribution in [2.45, 2.75) is 32.4 Å². The third-order valence-electron chi connectivity index (χ3n) is 3.56. The summed E-state index contributed by atoms with van der Waals surface area (Å²) in [6, 6.07) is 13.8. The number of nitro benzene ring substituents is 1. The average molecular weight is 356 g/mol. The Hall–Kier alpha value is -3.22. The van der Waals surface area contributed by atoms with Gasteiger partial charge in [0.2, 0.25) is 0 Å². The molecule has 0 aliphatic heterocycles. The molecule has 1 N–H and O–H groups in total. The minimum atomic E-state index is -0.603. The first-order chi connectivity index (χ1) is 12.4. The lowest BCUT2D eigenvalue weighted by atomic mass is 10.0. The SMILES string of the molecule is CC(C)OC(=O)CC(NC(=O)c1cccc([N+](=O)[O-])c1)c1ccccc1. The molecule has 7 heteroatoms. The van der Waals surface area contributed by atoms with Crippen LogP contribution in [0.15, 0.2) is 54.6 Å². The number of carbonyl (C=O) groups excluding carboxylic acids is 2. The number of hydrogen-bond donors (Lipinski definition) is 1. The van der Waals surface area contributed by atoms with Crippen LogP contribution in [0.25, 0.3) is 0 Å². The van der Waals surface area contributed by atoms with Gasteiger partial charge in [-0.1, -0.05) is 36.4 Å². The molecule has 0 aromatic heterocycles. The first-order valence-corrected chi connectivity index (χ1v) is 8.16. The van der Waals surface area contributed by atoms with E-state index in [1.165, 1.54) is 24.3 Å². The molecule has 1 atom stereocenters. The predicted molar refractivity (Wildman–Crippen MR) is 95.6 cm³/mol. The molecule has 0 saturated heterocycles. The Morgan fingerprint density at radius 2 is 1.81 bits per heavy atom. The van der Waals surface area contributed by atoms with Crippen LogP contribution in [0.3, 0.4) is 0 Å². The Bertz CT molecular complexity index is 790. The van der Waals surface area contributed by atoms with Crippen LogP contribution in [0.4, 0.5) is 5.69 Å². The van der Waals surface area contributed by atoms with E-state index in [4.69, 9.17) is 4.74 Å². The third kappa shape index (κ3) is 5.41. The van der Waals surface area contributed by atoms with Gasteiger partial charge < -0.3 is 10.1 Å². The lowest BCUT2D eigenvalue weighted by molar-refractivity contribution is -0.384. The molecular weight excluding hydrogens is 336 g/mol. The second-order valence-electron chi connectivity index (χ2n) is 5.99. The summed E-state index contributed by atoms with van der Waals surface area (Å²) in [7, 11) is 0. The van der Waals surface area contributed by atoms with E-state index in [1.54, 1.807) is 38.1 Å². The number of hydrogen-bond acceptors (Lipinski definition) is 5. The number of esters is 1. The Balaban J connectivity index is 2.20. The van der Waals surface area contributed by atoms with Gasteiger partial charge in [0.25, 0.3) is 11.6 Å². The smallest absolute Gasteiger partial charge is 0.308 e. The van der Waals surface area contributed by atoms with Crippen LogP contribution in [-0.2, 0) is 9.53 Å². The molecule has 0 saturated carbocycles. The van der Waals surface area contributed by atoms with Crippen LogP contribution < -0.4 is 5.32 Å². The highest BCUT2D eigenvalue weighted by Crippen LogP contribution is 2.20. The van der Waals surface area contributed by atoms with Gasteiger partial charge in [0.15, 0.2) is 0 Å². The van der Waals surface area contributed by atoms with Gasteiger partial charge in [-0.25, -0.2) is 0 Å². The standard InChI is InChI=1S/C19H20N2O5/c1-13(2)26-18(22)12-17(14-7-4-3-5-8-14)20-19(23)15-9-6-10-16(11-15)21(24)25/h3-11,13,17H,12H2,1-2H3,(H,20,23). The Morgan fingerprint density at radius 1 is 1.12 bits per heavy atom. The van der Waals surface area contributed by atoms with Crippen LogP contribution in [-0.4, -0.2) is 22.9 Å². The van der Waals surface area contributed by atoms with E-state index in [2.05, 4.69) is 5.32 Å². The largest absolute Gasteiger partial charge is 0.463 e. The Morgan fingerprint density at radius 3 is 2.42 bits per heavy atom. The summed E-state index contributed by atoms with van der Waals surface area (Å²) in [5.74, 6) is -0.937. The maximum atomic E-state index is 12.5. The van der Waals surface area contributed by atoms with Gasteiger partial charge in [-0.2, -0.15) is 0 Å². The van der Waals surface area contributed by atoms with Crippen molar-refractivity contribution in [3.63, 3.8) is 0 Å². The van der Waals surface area contributed by atoms with Crippen LogP contribution in [0.5, 0.6) is 0 Å². The van der Waals surface area contributed by atoms with Gasteiger partial charge in [0.05, 0.1) is 23.5 Å². The first kappa shape index (κ1) is 19.1. The van der Waals surface area contributed by atoms with Crippen molar-refractivity contribution in [3.05, 3.63) is 75.8 Å². The topological polar surface area (TPSA) is 98.5 Å². The molecule has 26 heavy (non-hydrogen) atoms. The fourth-order valence-electron chi connectivity index (χ4n) is 2.42. The van der Waals surface area contributed by atoms with Crippen molar-refractivity contribution < 1.29 is 19.2 Å². The number of carbonyl (C=O) groups is 2. The van der Waals surface area contributed by atoms with Crippen molar-refractivity contribution in [1.29, 1.82) is 0 Å². The molecule has 0 bridgehead atoms. The summed E-state index contributed by atoms with van der Waals surface area (Å²) >= 11 is 0. The fraction of sp³-hybridized carbons (Fsp3) is 0.263. The summed E-state index contributed by atoms with van der Waals surface area (Å²) in [5.41, 5.74) is 0.720. The highest BCUT2D eigenvalue weighted by Gasteiger charge is 2.21. The Kier molecular flexibility index (Phi) is 6.43. The van der Waals surface area contributed by atoms with Gasteiger partial charge in [-0.3, -0.25) is 19.7 Å². The van der Waals surface area contributed by atoms with E-state index in [1.807, 2.05) is 6.07 Å². The lowest BCUT2D eigenvalue weighted by Crippen LogP contribution is -2.31. The number of nitrogens with zero attached hydrogens (tertiary/aromatic N) is 1. The molecule has 0 spiro atoms. The fourth-order valence-corrected chi connectivity index (χ4v) is 2.42. The maximum Gasteiger partial charge on any atom is 0.308 e. The summed E-state index contributed by atoms with van der Waals surface area (Å²) in [6.45, 7) is 3.49. The van der Waals surface area contributed by atoms with Crippen molar-refractivity contribution in [1.82, 2.24) is 5.32 Å². The lowest BCUT2D eigenvalue weighted by Gasteiger charge is -2.19. The molecule has 0 radical (unpaired) electrons. The van der Waals surface area contributed by atoms with Gasteiger partial charge in [-0.15, -0.1) is 0 Å². The van der Waals surface area contributed by atoms with Crippen LogP contribution in [0, 0.1) is 10.1 Å². The second kappa shape index (κ2) is 8.75. The van der Waals surface area contributed by atoms with E-state index in [0.29, 0.717) is 0 Å². The van der Waals surface area contributed by atoms with E-state index >= 15 is 0 Å².